The molecule has 2 rings (SSSR count). The van der Waals surface area contributed by atoms with Crippen molar-refractivity contribution in [3.8, 4) is 0 Å². The number of hydrogen-bond donors (Lipinski definition) is 0. The molecule has 2 aromatic rings. The second-order valence-corrected chi connectivity index (χ2v) is 4.65. The van der Waals surface area contributed by atoms with Gasteiger partial charge in [0.25, 0.3) is 5.56 Å². The Bertz CT molecular complexity index is 615. The maximum absolute atomic E-state index is 13.6. The van der Waals surface area contributed by atoms with Gasteiger partial charge in [-0.3, -0.25) is 9.36 Å². The van der Waals surface area contributed by atoms with Gasteiger partial charge in [0.1, 0.15) is 10.3 Å². The maximum atomic E-state index is 13.6. The van der Waals surface area contributed by atoms with Crippen molar-refractivity contribution in [2.75, 3.05) is 0 Å². The zero-order chi connectivity index (χ0) is 12.4. The van der Waals surface area contributed by atoms with E-state index in [4.69, 9.17) is 11.6 Å². The highest BCUT2D eigenvalue weighted by molar-refractivity contribution is 9.10. The van der Waals surface area contributed by atoms with E-state index in [1.165, 1.54) is 23.2 Å². The minimum atomic E-state index is -0.513. The minimum Gasteiger partial charge on any atom is -0.294 e. The summed E-state index contributed by atoms with van der Waals surface area (Å²) in [5, 5.41) is 0.0403. The van der Waals surface area contributed by atoms with Crippen LogP contribution in [0.5, 0.6) is 0 Å². The summed E-state index contributed by atoms with van der Waals surface area (Å²) in [6, 6.07) is 4.67. The van der Waals surface area contributed by atoms with Gasteiger partial charge in [0.05, 0.1) is 17.9 Å². The SMILES string of the molecule is O=c1c(Br)cncn1Cc1cccc(Cl)c1F. The van der Waals surface area contributed by atoms with Gasteiger partial charge >= 0.3 is 0 Å². The van der Waals surface area contributed by atoms with Crippen molar-refractivity contribution < 1.29 is 4.39 Å². The van der Waals surface area contributed by atoms with Crippen LogP contribution in [-0.4, -0.2) is 9.55 Å². The van der Waals surface area contributed by atoms with Crippen LogP contribution in [0.4, 0.5) is 4.39 Å². The summed E-state index contributed by atoms with van der Waals surface area (Å²) >= 11 is 8.74. The van der Waals surface area contributed by atoms with Crippen LogP contribution in [0.3, 0.4) is 0 Å². The predicted molar refractivity (Wildman–Crippen MR) is 66.7 cm³/mol. The van der Waals surface area contributed by atoms with E-state index >= 15 is 0 Å². The van der Waals surface area contributed by atoms with Gasteiger partial charge < -0.3 is 0 Å². The molecule has 0 amide bonds. The number of rotatable bonds is 2. The van der Waals surface area contributed by atoms with E-state index in [1.54, 1.807) is 12.1 Å². The van der Waals surface area contributed by atoms with Crippen molar-refractivity contribution in [1.82, 2.24) is 9.55 Å². The Labute approximate surface area is 110 Å². The summed E-state index contributed by atoms with van der Waals surface area (Å²) in [6.45, 7) is 0.0949. The first kappa shape index (κ1) is 12.3. The smallest absolute Gasteiger partial charge is 0.267 e. The van der Waals surface area contributed by atoms with E-state index in [2.05, 4.69) is 20.9 Å². The average molecular weight is 318 g/mol. The summed E-state index contributed by atoms with van der Waals surface area (Å²) in [7, 11) is 0. The Morgan fingerprint density at radius 1 is 1.47 bits per heavy atom. The van der Waals surface area contributed by atoms with E-state index in [0.29, 0.717) is 10.0 Å². The highest BCUT2D eigenvalue weighted by Crippen LogP contribution is 2.18. The highest BCUT2D eigenvalue weighted by Gasteiger charge is 2.08. The third kappa shape index (κ3) is 2.56. The van der Waals surface area contributed by atoms with Crippen molar-refractivity contribution in [1.29, 1.82) is 0 Å². The fourth-order valence-corrected chi connectivity index (χ4v) is 1.93. The molecule has 6 heteroatoms. The first-order chi connectivity index (χ1) is 8.09. The Balaban J connectivity index is 2.42. The van der Waals surface area contributed by atoms with Gasteiger partial charge in [-0.2, -0.15) is 0 Å². The Kier molecular flexibility index (Phi) is 3.59. The second-order valence-electron chi connectivity index (χ2n) is 3.39. The molecular formula is C11H7BrClFN2O. The van der Waals surface area contributed by atoms with Crippen LogP contribution in [0.25, 0.3) is 0 Å². The number of nitrogens with zero attached hydrogens (tertiary/aromatic N) is 2. The lowest BCUT2D eigenvalue weighted by atomic mass is 10.2. The van der Waals surface area contributed by atoms with Gasteiger partial charge in [0.2, 0.25) is 0 Å². The molecule has 0 aliphatic heterocycles. The van der Waals surface area contributed by atoms with Crippen LogP contribution >= 0.6 is 27.5 Å². The third-order valence-corrected chi connectivity index (χ3v) is 3.07. The van der Waals surface area contributed by atoms with Crippen molar-refractivity contribution in [3.63, 3.8) is 0 Å². The standard InChI is InChI=1S/C11H7BrClFN2O/c12-8-4-15-6-16(11(8)17)5-7-2-1-3-9(13)10(7)14/h1-4,6H,5H2. The molecule has 0 atom stereocenters. The van der Waals surface area contributed by atoms with Crippen LogP contribution < -0.4 is 5.56 Å². The molecule has 0 aliphatic carbocycles. The molecule has 0 bridgehead atoms. The van der Waals surface area contributed by atoms with Crippen molar-refractivity contribution >= 4 is 27.5 Å². The quantitative estimate of drug-likeness (QED) is 0.853. The zero-order valence-electron chi connectivity index (χ0n) is 8.53. The van der Waals surface area contributed by atoms with Gasteiger partial charge in [-0.05, 0) is 22.0 Å². The van der Waals surface area contributed by atoms with Crippen molar-refractivity contribution in [2.24, 2.45) is 0 Å². The third-order valence-electron chi connectivity index (χ3n) is 2.23. The minimum absolute atomic E-state index is 0.0403. The Hall–Kier alpha value is -1.20. The molecule has 1 heterocycles. The summed E-state index contributed by atoms with van der Waals surface area (Å²) in [5.41, 5.74) is 0.0823. The largest absolute Gasteiger partial charge is 0.294 e. The predicted octanol–water partition coefficient (Wildman–Crippen LogP) is 2.85. The highest BCUT2D eigenvalue weighted by atomic mass is 79.9. The molecular weight excluding hydrogens is 310 g/mol. The maximum Gasteiger partial charge on any atom is 0.267 e. The molecule has 88 valence electrons. The van der Waals surface area contributed by atoms with Gasteiger partial charge in [0.15, 0.2) is 0 Å². The molecule has 0 radical (unpaired) electrons. The normalized spacial score (nSPS) is 10.5. The number of halogens is 3. The van der Waals surface area contributed by atoms with Gasteiger partial charge in [-0.25, -0.2) is 9.37 Å². The fourth-order valence-electron chi connectivity index (χ4n) is 1.39. The van der Waals surface area contributed by atoms with Crippen LogP contribution in [-0.2, 0) is 6.54 Å². The molecule has 1 aromatic carbocycles. The van der Waals surface area contributed by atoms with E-state index in [1.807, 2.05) is 0 Å². The molecule has 3 nitrogen and oxygen atoms in total. The van der Waals surface area contributed by atoms with Crippen molar-refractivity contribution in [3.05, 3.63) is 62.0 Å². The molecule has 0 fully saturated rings. The monoisotopic (exact) mass is 316 g/mol. The van der Waals surface area contributed by atoms with Crippen molar-refractivity contribution in [2.45, 2.75) is 6.54 Å². The van der Waals surface area contributed by atoms with Crippen LogP contribution in [0.2, 0.25) is 5.02 Å². The van der Waals surface area contributed by atoms with E-state index in [-0.39, 0.29) is 17.1 Å². The number of aromatic nitrogens is 2. The first-order valence-electron chi connectivity index (χ1n) is 4.72. The summed E-state index contributed by atoms with van der Waals surface area (Å²) in [4.78, 5) is 15.5. The van der Waals surface area contributed by atoms with Crippen LogP contribution in [0.15, 0.2) is 40.0 Å². The summed E-state index contributed by atoms with van der Waals surface area (Å²) in [5.74, 6) is -0.513. The summed E-state index contributed by atoms with van der Waals surface area (Å²) in [6.07, 6.45) is 2.75. The Morgan fingerprint density at radius 2 is 2.24 bits per heavy atom. The molecule has 1 aromatic heterocycles. The van der Waals surface area contributed by atoms with Gasteiger partial charge in [-0.1, -0.05) is 23.7 Å². The lowest BCUT2D eigenvalue weighted by Gasteiger charge is -2.07. The molecule has 0 saturated heterocycles. The molecule has 17 heavy (non-hydrogen) atoms. The second kappa shape index (κ2) is 4.98. The molecule has 0 unspecified atom stereocenters. The molecule has 0 N–H and O–H groups in total. The van der Waals surface area contributed by atoms with Gasteiger partial charge in [0, 0.05) is 11.8 Å². The van der Waals surface area contributed by atoms with E-state index < -0.39 is 5.82 Å². The lowest BCUT2D eigenvalue weighted by Crippen LogP contribution is -2.21. The zero-order valence-corrected chi connectivity index (χ0v) is 10.9. The lowest BCUT2D eigenvalue weighted by molar-refractivity contribution is 0.594. The van der Waals surface area contributed by atoms with E-state index in [9.17, 15) is 9.18 Å². The summed E-state index contributed by atoms with van der Waals surface area (Å²) < 4.78 is 15.3. The van der Waals surface area contributed by atoms with Crippen LogP contribution in [0, 0.1) is 5.82 Å². The number of benzene rings is 1. The topological polar surface area (TPSA) is 34.9 Å². The molecule has 0 spiro atoms. The van der Waals surface area contributed by atoms with Crippen LogP contribution in [0.1, 0.15) is 5.56 Å². The Morgan fingerprint density at radius 3 is 3.00 bits per heavy atom. The molecule has 0 aliphatic rings. The van der Waals surface area contributed by atoms with Gasteiger partial charge in [-0.15, -0.1) is 0 Å². The fraction of sp³-hybridized carbons (Fsp3) is 0.0909. The average Bonchev–Trinajstić information content (AvgIpc) is 2.31. The number of hydrogen-bond acceptors (Lipinski definition) is 2. The van der Waals surface area contributed by atoms with E-state index in [0.717, 1.165) is 0 Å². The first-order valence-corrected chi connectivity index (χ1v) is 5.89. The molecule has 0 saturated carbocycles.